The van der Waals surface area contributed by atoms with E-state index in [2.05, 4.69) is 66.4 Å². The molecule has 3 N–H and O–H groups in total. The fourth-order valence-corrected chi connectivity index (χ4v) is 5.18. The van der Waals surface area contributed by atoms with Crippen LogP contribution in [0, 0.1) is 11.3 Å². The smallest absolute Gasteiger partial charge is 0.252 e. The molecule has 7 heteroatoms. The molecule has 2 atom stereocenters. The summed E-state index contributed by atoms with van der Waals surface area (Å²) in [5.41, 5.74) is 11.3. The van der Waals surface area contributed by atoms with Gasteiger partial charge in [0.2, 0.25) is 0 Å². The average Bonchev–Trinajstić information content (AvgIpc) is 3.36. The highest BCUT2D eigenvalue weighted by atomic mass is 16.5. The Hall–Kier alpha value is -3.06. The van der Waals surface area contributed by atoms with Crippen molar-refractivity contribution < 1.29 is 9.53 Å². The molecule has 3 heterocycles. The van der Waals surface area contributed by atoms with Crippen molar-refractivity contribution >= 4 is 22.8 Å². The number of hydrogen-bond donors (Lipinski definition) is 2. The van der Waals surface area contributed by atoms with Crippen LogP contribution in [-0.4, -0.2) is 47.9 Å². The molecule has 1 amide bonds. The van der Waals surface area contributed by atoms with Crippen LogP contribution in [0.1, 0.15) is 44.0 Å². The van der Waals surface area contributed by atoms with Crippen molar-refractivity contribution in [3.05, 3.63) is 48.3 Å². The maximum Gasteiger partial charge on any atom is 0.252 e. The number of rotatable bonds is 5. The Morgan fingerprint density at radius 3 is 2.52 bits per heavy atom. The monoisotopic (exact) mass is 447 g/mol. The summed E-state index contributed by atoms with van der Waals surface area (Å²) in [4.78, 5) is 14.6. The van der Waals surface area contributed by atoms with E-state index < -0.39 is 5.91 Å². The van der Waals surface area contributed by atoms with Crippen LogP contribution in [0.25, 0.3) is 16.6 Å². The van der Waals surface area contributed by atoms with Gasteiger partial charge in [0.25, 0.3) is 5.91 Å². The highest BCUT2D eigenvalue weighted by Gasteiger charge is 2.41. The first kappa shape index (κ1) is 21.8. The van der Waals surface area contributed by atoms with Crippen LogP contribution in [0.3, 0.4) is 0 Å². The molecule has 1 unspecified atom stereocenters. The van der Waals surface area contributed by atoms with Gasteiger partial charge in [-0.15, -0.1) is 0 Å². The molecule has 2 aromatic heterocycles. The van der Waals surface area contributed by atoms with E-state index in [1.165, 1.54) is 12.1 Å². The molecule has 1 aromatic carbocycles. The van der Waals surface area contributed by atoms with Crippen molar-refractivity contribution in [1.29, 1.82) is 0 Å². The Kier molecular flexibility index (Phi) is 5.52. The SMILES string of the molecule is CC1CC[C@@H](Nc2c(C(N)=O)cnn3cc(-c4ccc(N5CCOCC5)cc4)cc23)C1(C)C. The van der Waals surface area contributed by atoms with Gasteiger partial charge in [0.1, 0.15) is 0 Å². The summed E-state index contributed by atoms with van der Waals surface area (Å²) in [6, 6.07) is 11.0. The number of nitrogens with two attached hydrogens (primary N) is 1. The third-order valence-corrected chi connectivity index (χ3v) is 7.85. The van der Waals surface area contributed by atoms with Crippen LogP contribution in [-0.2, 0) is 4.74 Å². The van der Waals surface area contributed by atoms with Gasteiger partial charge >= 0.3 is 0 Å². The molecule has 174 valence electrons. The Morgan fingerprint density at radius 2 is 1.88 bits per heavy atom. The Labute approximate surface area is 194 Å². The minimum absolute atomic E-state index is 0.125. The molecular weight excluding hydrogens is 414 g/mol. The van der Waals surface area contributed by atoms with Gasteiger partial charge in [-0.2, -0.15) is 5.10 Å². The molecule has 5 rings (SSSR count). The highest BCUT2D eigenvalue weighted by Crippen LogP contribution is 2.44. The summed E-state index contributed by atoms with van der Waals surface area (Å²) in [6.07, 6.45) is 5.82. The number of amides is 1. The molecular formula is C26H33N5O2. The van der Waals surface area contributed by atoms with Gasteiger partial charge in [-0.1, -0.05) is 32.9 Å². The van der Waals surface area contributed by atoms with E-state index >= 15 is 0 Å². The van der Waals surface area contributed by atoms with Gasteiger partial charge in [-0.25, -0.2) is 4.52 Å². The van der Waals surface area contributed by atoms with E-state index in [4.69, 9.17) is 10.5 Å². The predicted octanol–water partition coefficient (Wildman–Crippen LogP) is 4.17. The zero-order valence-corrected chi connectivity index (χ0v) is 19.7. The normalized spacial score (nSPS) is 22.6. The van der Waals surface area contributed by atoms with E-state index in [0.29, 0.717) is 11.5 Å². The summed E-state index contributed by atoms with van der Waals surface area (Å²) in [5, 5.41) is 8.17. The second kappa shape index (κ2) is 8.37. The van der Waals surface area contributed by atoms with Gasteiger partial charge in [-0.3, -0.25) is 4.79 Å². The Morgan fingerprint density at radius 1 is 1.15 bits per heavy atom. The second-order valence-electron chi connectivity index (χ2n) is 10.00. The molecule has 1 aliphatic heterocycles. The molecule has 7 nitrogen and oxygen atoms in total. The number of carbonyl (C=O) groups is 1. The number of carbonyl (C=O) groups excluding carboxylic acids is 1. The molecule has 0 radical (unpaired) electrons. The summed E-state index contributed by atoms with van der Waals surface area (Å²) in [7, 11) is 0. The van der Waals surface area contributed by atoms with Gasteiger partial charge in [0, 0.05) is 36.6 Å². The minimum Gasteiger partial charge on any atom is -0.379 e. The number of hydrogen-bond acceptors (Lipinski definition) is 5. The van der Waals surface area contributed by atoms with Crippen LogP contribution in [0.4, 0.5) is 11.4 Å². The summed E-state index contributed by atoms with van der Waals surface area (Å²) in [5.74, 6) is 0.145. The standard InChI is InChI=1S/C26H33N5O2/c1-17-4-9-23(26(17,2)3)29-24-21(25(27)32)15-28-31-16-19(14-22(24)31)18-5-7-20(8-6-18)30-10-12-33-13-11-30/h5-8,14-17,23,29H,4,9-13H2,1-3H3,(H2,27,32)/t17?,23-/m1/s1. The predicted molar refractivity (Wildman–Crippen MR) is 132 cm³/mol. The van der Waals surface area contributed by atoms with Crippen LogP contribution < -0.4 is 16.0 Å². The molecule has 1 saturated carbocycles. The number of nitrogens with zero attached hydrogens (tertiary/aromatic N) is 3. The van der Waals surface area contributed by atoms with Crippen molar-refractivity contribution in [1.82, 2.24) is 9.61 Å². The number of morpholine rings is 1. The molecule has 1 aliphatic carbocycles. The van der Waals surface area contributed by atoms with Gasteiger partial charge in [0.15, 0.2) is 0 Å². The van der Waals surface area contributed by atoms with Crippen molar-refractivity contribution in [2.24, 2.45) is 17.1 Å². The number of aromatic nitrogens is 2. The molecule has 1 saturated heterocycles. The lowest BCUT2D eigenvalue weighted by Gasteiger charge is -2.33. The number of fused-ring (bicyclic) bond motifs is 1. The molecule has 2 fully saturated rings. The molecule has 2 aliphatic rings. The number of nitrogens with one attached hydrogen (secondary N) is 1. The van der Waals surface area contributed by atoms with Gasteiger partial charge < -0.3 is 20.7 Å². The second-order valence-corrected chi connectivity index (χ2v) is 10.00. The number of benzene rings is 1. The van der Waals surface area contributed by atoms with Crippen LogP contribution >= 0.6 is 0 Å². The van der Waals surface area contributed by atoms with Crippen LogP contribution in [0.15, 0.2) is 42.7 Å². The summed E-state index contributed by atoms with van der Waals surface area (Å²) in [6.45, 7) is 10.3. The fraction of sp³-hybridized carbons (Fsp3) is 0.462. The Bertz CT molecular complexity index is 1160. The maximum absolute atomic E-state index is 12.2. The van der Waals surface area contributed by atoms with E-state index in [1.54, 1.807) is 6.20 Å². The van der Waals surface area contributed by atoms with E-state index in [9.17, 15) is 4.79 Å². The minimum atomic E-state index is -0.464. The fourth-order valence-electron chi connectivity index (χ4n) is 5.18. The first-order chi connectivity index (χ1) is 15.8. The lowest BCUT2D eigenvalue weighted by atomic mass is 9.80. The average molecular weight is 448 g/mol. The maximum atomic E-state index is 12.2. The van der Waals surface area contributed by atoms with Crippen molar-refractivity contribution in [2.45, 2.75) is 39.7 Å². The molecule has 0 bridgehead atoms. The first-order valence-corrected chi connectivity index (χ1v) is 11.9. The van der Waals surface area contributed by atoms with Crippen LogP contribution in [0.5, 0.6) is 0 Å². The van der Waals surface area contributed by atoms with E-state index in [-0.39, 0.29) is 11.5 Å². The topological polar surface area (TPSA) is 84.9 Å². The molecule has 33 heavy (non-hydrogen) atoms. The molecule has 3 aromatic rings. The third-order valence-electron chi connectivity index (χ3n) is 7.85. The zero-order chi connectivity index (χ0) is 23.2. The summed E-state index contributed by atoms with van der Waals surface area (Å²) < 4.78 is 7.30. The lowest BCUT2D eigenvalue weighted by molar-refractivity contribution is 0.100. The van der Waals surface area contributed by atoms with Crippen molar-refractivity contribution in [3.8, 4) is 11.1 Å². The third kappa shape index (κ3) is 3.95. The highest BCUT2D eigenvalue weighted by molar-refractivity contribution is 6.02. The molecule has 0 spiro atoms. The van der Waals surface area contributed by atoms with Crippen molar-refractivity contribution in [2.75, 3.05) is 36.5 Å². The quantitative estimate of drug-likeness (QED) is 0.613. The van der Waals surface area contributed by atoms with Gasteiger partial charge in [0.05, 0.1) is 36.2 Å². The number of anilines is 2. The summed E-state index contributed by atoms with van der Waals surface area (Å²) >= 11 is 0. The zero-order valence-electron chi connectivity index (χ0n) is 19.7. The Balaban J connectivity index is 1.50. The van der Waals surface area contributed by atoms with E-state index in [0.717, 1.165) is 55.1 Å². The van der Waals surface area contributed by atoms with Gasteiger partial charge in [-0.05, 0) is 47.9 Å². The number of ether oxygens (including phenoxy) is 1. The van der Waals surface area contributed by atoms with E-state index in [1.807, 2.05) is 10.7 Å². The van der Waals surface area contributed by atoms with Crippen LogP contribution in [0.2, 0.25) is 0 Å². The lowest BCUT2D eigenvalue weighted by Crippen LogP contribution is -2.36. The largest absolute Gasteiger partial charge is 0.379 e. The number of primary amides is 1. The van der Waals surface area contributed by atoms with Crippen molar-refractivity contribution in [3.63, 3.8) is 0 Å². The first-order valence-electron chi connectivity index (χ1n) is 11.9.